The average Bonchev–Trinajstić information content (AvgIpc) is 3.08. The van der Waals surface area contributed by atoms with Gasteiger partial charge in [-0.3, -0.25) is 9.58 Å². The van der Waals surface area contributed by atoms with Crippen molar-refractivity contribution in [3.05, 3.63) is 42.5 Å². The second-order valence-electron chi connectivity index (χ2n) is 7.12. The van der Waals surface area contributed by atoms with Gasteiger partial charge in [0.05, 0.1) is 13.2 Å². The molecule has 0 amide bonds. The first-order valence-corrected chi connectivity index (χ1v) is 9.34. The lowest BCUT2D eigenvalue weighted by atomic mass is 9.96. The minimum atomic E-state index is 0.699. The molecule has 25 heavy (non-hydrogen) atoms. The van der Waals surface area contributed by atoms with Crippen LogP contribution >= 0.6 is 0 Å². The maximum absolute atomic E-state index is 5.91. The van der Waals surface area contributed by atoms with E-state index in [0.717, 1.165) is 64.5 Å². The molecule has 134 valence electrons. The van der Waals surface area contributed by atoms with Gasteiger partial charge in [-0.15, -0.1) is 0 Å². The minimum absolute atomic E-state index is 0.699. The molecule has 1 aromatic heterocycles. The first-order valence-electron chi connectivity index (χ1n) is 9.34. The Balaban J connectivity index is 1.23. The average molecular weight is 341 g/mol. The Kier molecular flexibility index (Phi) is 5.28. The molecule has 1 atom stereocenters. The van der Waals surface area contributed by atoms with Crippen molar-refractivity contribution in [1.82, 2.24) is 24.6 Å². The fraction of sp³-hybridized carbons (Fsp3) is 0.579. The lowest BCUT2D eigenvalue weighted by Crippen LogP contribution is -2.48. The Hall–Kier alpha value is -1.92. The highest BCUT2D eigenvalue weighted by molar-refractivity contribution is 5.34. The van der Waals surface area contributed by atoms with E-state index in [9.17, 15) is 0 Å². The number of hydrogen-bond donors (Lipinski definition) is 0. The monoisotopic (exact) mass is 341 g/mol. The van der Waals surface area contributed by atoms with Gasteiger partial charge in [0.1, 0.15) is 18.4 Å². The smallest absolute Gasteiger partial charge is 0.137 e. The number of nitrogens with zero attached hydrogens (tertiary/aromatic N) is 5. The standard InChI is InChI=1S/C19H27N5O/c1-2-4-19-18(3-1)13-17(5-12-25-19)14-23-8-6-22(7-9-23)10-11-24-16-20-15-21-24/h1-4,15-17H,5-14H2. The van der Waals surface area contributed by atoms with Crippen LogP contribution in [0.4, 0.5) is 0 Å². The number of para-hydroxylation sites is 1. The molecule has 2 aromatic rings. The molecule has 1 unspecified atom stereocenters. The van der Waals surface area contributed by atoms with Crippen molar-refractivity contribution in [1.29, 1.82) is 0 Å². The zero-order chi connectivity index (χ0) is 16.9. The summed E-state index contributed by atoms with van der Waals surface area (Å²) in [6, 6.07) is 8.51. The maximum atomic E-state index is 5.91. The second kappa shape index (κ2) is 7.97. The Morgan fingerprint density at radius 1 is 1.04 bits per heavy atom. The fourth-order valence-corrected chi connectivity index (χ4v) is 3.87. The van der Waals surface area contributed by atoms with Crippen LogP contribution in [-0.4, -0.2) is 70.4 Å². The van der Waals surface area contributed by atoms with Gasteiger partial charge in [-0.1, -0.05) is 18.2 Å². The van der Waals surface area contributed by atoms with Crippen LogP contribution in [0.25, 0.3) is 0 Å². The number of benzene rings is 1. The predicted octanol–water partition coefficient (Wildman–Crippen LogP) is 1.54. The van der Waals surface area contributed by atoms with E-state index < -0.39 is 0 Å². The van der Waals surface area contributed by atoms with Crippen LogP contribution in [0, 0.1) is 5.92 Å². The van der Waals surface area contributed by atoms with Crippen molar-refractivity contribution in [2.24, 2.45) is 5.92 Å². The van der Waals surface area contributed by atoms with Crippen LogP contribution in [-0.2, 0) is 13.0 Å². The van der Waals surface area contributed by atoms with Gasteiger partial charge in [0.15, 0.2) is 0 Å². The van der Waals surface area contributed by atoms with Gasteiger partial charge in [-0.25, -0.2) is 4.98 Å². The lowest BCUT2D eigenvalue weighted by molar-refractivity contribution is 0.110. The van der Waals surface area contributed by atoms with Crippen LogP contribution in [0.15, 0.2) is 36.9 Å². The summed E-state index contributed by atoms with van der Waals surface area (Å²) in [5.74, 6) is 1.79. The van der Waals surface area contributed by atoms with Gasteiger partial charge in [0.2, 0.25) is 0 Å². The number of fused-ring (bicyclic) bond motifs is 1. The molecule has 0 spiro atoms. The molecule has 0 radical (unpaired) electrons. The summed E-state index contributed by atoms with van der Waals surface area (Å²) in [6.45, 7) is 8.64. The molecule has 4 rings (SSSR count). The summed E-state index contributed by atoms with van der Waals surface area (Å²) in [6.07, 6.45) is 5.69. The zero-order valence-electron chi connectivity index (χ0n) is 14.8. The normalized spacial score (nSPS) is 22.2. The van der Waals surface area contributed by atoms with Gasteiger partial charge in [-0.2, -0.15) is 5.10 Å². The van der Waals surface area contributed by atoms with Gasteiger partial charge in [0, 0.05) is 39.3 Å². The molecule has 0 saturated carbocycles. The van der Waals surface area contributed by atoms with Gasteiger partial charge in [0.25, 0.3) is 0 Å². The molecule has 0 aliphatic carbocycles. The van der Waals surface area contributed by atoms with Crippen LogP contribution in [0.1, 0.15) is 12.0 Å². The Morgan fingerprint density at radius 2 is 1.88 bits per heavy atom. The third kappa shape index (κ3) is 4.38. The highest BCUT2D eigenvalue weighted by Gasteiger charge is 2.23. The van der Waals surface area contributed by atoms with Crippen molar-refractivity contribution in [2.75, 3.05) is 45.9 Å². The molecular weight excluding hydrogens is 314 g/mol. The van der Waals surface area contributed by atoms with E-state index in [1.807, 2.05) is 4.68 Å². The molecule has 6 heteroatoms. The van der Waals surface area contributed by atoms with Crippen molar-refractivity contribution in [3.63, 3.8) is 0 Å². The van der Waals surface area contributed by atoms with E-state index >= 15 is 0 Å². The number of piperazine rings is 1. The highest BCUT2D eigenvalue weighted by Crippen LogP contribution is 2.27. The molecule has 1 fully saturated rings. The van der Waals surface area contributed by atoms with E-state index in [1.54, 1.807) is 12.7 Å². The number of hydrogen-bond acceptors (Lipinski definition) is 5. The van der Waals surface area contributed by atoms with Crippen molar-refractivity contribution >= 4 is 0 Å². The SMILES string of the molecule is c1ccc2c(c1)CC(CN1CCN(CCn3cncn3)CC1)CCO2. The van der Waals surface area contributed by atoms with Crippen molar-refractivity contribution in [3.8, 4) is 5.75 Å². The predicted molar refractivity (Wildman–Crippen MR) is 96.7 cm³/mol. The van der Waals surface area contributed by atoms with Gasteiger partial charge < -0.3 is 9.64 Å². The zero-order valence-corrected chi connectivity index (χ0v) is 14.8. The molecule has 1 saturated heterocycles. The van der Waals surface area contributed by atoms with E-state index in [4.69, 9.17) is 4.74 Å². The first kappa shape index (κ1) is 16.5. The molecular formula is C19H27N5O. The van der Waals surface area contributed by atoms with Crippen LogP contribution < -0.4 is 4.74 Å². The van der Waals surface area contributed by atoms with E-state index in [1.165, 1.54) is 12.1 Å². The Morgan fingerprint density at radius 3 is 2.72 bits per heavy atom. The van der Waals surface area contributed by atoms with Crippen LogP contribution in [0.5, 0.6) is 5.75 Å². The van der Waals surface area contributed by atoms with E-state index in [-0.39, 0.29) is 0 Å². The van der Waals surface area contributed by atoms with Crippen LogP contribution in [0.3, 0.4) is 0 Å². The van der Waals surface area contributed by atoms with Crippen molar-refractivity contribution in [2.45, 2.75) is 19.4 Å². The molecule has 0 N–H and O–H groups in total. The molecule has 2 aliphatic rings. The lowest BCUT2D eigenvalue weighted by Gasteiger charge is -2.36. The summed E-state index contributed by atoms with van der Waals surface area (Å²) in [5.41, 5.74) is 1.37. The quantitative estimate of drug-likeness (QED) is 0.825. The molecule has 0 bridgehead atoms. The third-order valence-electron chi connectivity index (χ3n) is 5.36. The largest absolute Gasteiger partial charge is 0.493 e. The van der Waals surface area contributed by atoms with Crippen molar-refractivity contribution < 1.29 is 4.74 Å². The van der Waals surface area contributed by atoms with Gasteiger partial charge in [-0.05, 0) is 30.4 Å². The summed E-state index contributed by atoms with van der Waals surface area (Å²) < 4.78 is 7.82. The number of rotatable bonds is 5. The summed E-state index contributed by atoms with van der Waals surface area (Å²) in [4.78, 5) is 9.16. The van der Waals surface area contributed by atoms with Gasteiger partial charge >= 0.3 is 0 Å². The minimum Gasteiger partial charge on any atom is -0.493 e. The topological polar surface area (TPSA) is 46.4 Å². The van der Waals surface area contributed by atoms with Crippen LogP contribution in [0.2, 0.25) is 0 Å². The molecule has 2 aliphatic heterocycles. The molecule has 3 heterocycles. The summed E-state index contributed by atoms with van der Waals surface area (Å²) in [7, 11) is 0. The summed E-state index contributed by atoms with van der Waals surface area (Å²) >= 11 is 0. The third-order valence-corrected chi connectivity index (χ3v) is 5.36. The Bertz CT molecular complexity index is 652. The second-order valence-corrected chi connectivity index (χ2v) is 7.12. The highest BCUT2D eigenvalue weighted by atomic mass is 16.5. The molecule has 1 aromatic carbocycles. The first-order chi connectivity index (χ1) is 12.4. The van der Waals surface area contributed by atoms with E-state index in [0.29, 0.717) is 5.92 Å². The number of aromatic nitrogens is 3. The Labute approximate surface area is 149 Å². The van der Waals surface area contributed by atoms with E-state index in [2.05, 4.69) is 44.1 Å². The number of ether oxygens (including phenoxy) is 1. The fourth-order valence-electron chi connectivity index (χ4n) is 3.87. The molecule has 6 nitrogen and oxygen atoms in total. The maximum Gasteiger partial charge on any atom is 0.137 e. The summed E-state index contributed by atoms with van der Waals surface area (Å²) in [5, 5.41) is 4.18.